The first-order valence-corrected chi connectivity index (χ1v) is 11.7. The fraction of sp³-hybridized carbons (Fsp3) is 0.120. The maximum absolute atomic E-state index is 6.52. The Balaban J connectivity index is 1.66. The number of hydrogen-bond donors (Lipinski definition) is 1. The Morgan fingerprint density at radius 2 is 1.65 bits per heavy atom. The second-order valence-electron chi connectivity index (χ2n) is 7.11. The van der Waals surface area contributed by atoms with E-state index in [4.69, 9.17) is 43.1 Å². The normalized spacial score (nSPS) is 10.7. The zero-order valence-electron chi connectivity index (χ0n) is 18.4. The van der Waals surface area contributed by atoms with E-state index in [0.29, 0.717) is 50.2 Å². The van der Waals surface area contributed by atoms with Crippen LogP contribution in [0.25, 0.3) is 11.3 Å². The lowest BCUT2D eigenvalue weighted by Crippen LogP contribution is -2.00. The van der Waals surface area contributed by atoms with Crippen molar-refractivity contribution >= 4 is 40.9 Å². The van der Waals surface area contributed by atoms with Gasteiger partial charge >= 0.3 is 0 Å². The number of hydrogen-bond acceptors (Lipinski definition) is 7. The Kier molecular flexibility index (Phi) is 7.67. The SMILES string of the molecule is COc1ccc(OC)c(Sc2cc(-c3cc(OCc4ccccc4)c(Cl)cc3Cl)nc(N)n2)c1. The van der Waals surface area contributed by atoms with Crippen molar-refractivity contribution < 1.29 is 14.2 Å². The number of nitrogens with zero attached hydrogens (tertiary/aromatic N) is 2. The number of methoxy groups -OCH3 is 2. The summed E-state index contributed by atoms with van der Waals surface area (Å²) in [4.78, 5) is 9.57. The van der Waals surface area contributed by atoms with Gasteiger partial charge in [-0.15, -0.1) is 0 Å². The minimum Gasteiger partial charge on any atom is -0.497 e. The molecule has 2 N–H and O–H groups in total. The summed E-state index contributed by atoms with van der Waals surface area (Å²) in [6.45, 7) is 0.365. The Morgan fingerprint density at radius 3 is 2.38 bits per heavy atom. The molecule has 0 spiro atoms. The summed E-state index contributed by atoms with van der Waals surface area (Å²) < 4.78 is 16.8. The van der Waals surface area contributed by atoms with Crippen LogP contribution < -0.4 is 19.9 Å². The summed E-state index contributed by atoms with van der Waals surface area (Å²) >= 11 is 14.3. The molecule has 174 valence electrons. The van der Waals surface area contributed by atoms with E-state index in [1.165, 1.54) is 11.8 Å². The van der Waals surface area contributed by atoms with Crippen LogP contribution in [-0.4, -0.2) is 24.2 Å². The molecule has 0 saturated carbocycles. The lowest BCUT2D eigenvalue weighted by Gasteiger charge is -2.13. The number of nitrogen functional groups attached to an aromatic ring is 1. The third kappa shape index (κ3) is 5.67. The van der Waals surface area contributed by atoms with E-state index in [-0.39, 0.29) is 5.95 Å². The molecule has 6 nitrogen and oxygen atoms in total. The second kappa shape index (κ2) is 10.9. The lowest BCUT2D eigenvalue weighted by molar-refractivity contribution is 0.306. The third-order valence-electron chi connectivity index (χ3n) is 4.84. The summed E-state index contributed by atoms with van der Waals surface area (Å²) in [5, 5.41) is 1.44. The molecular formula is C25H21Cl2N3O3S. The average molecular weight is 514 g/mol. The van der Waals surface area contributed by atoms with Gasteiger partial charge in [-0.1, -0.05) is 65.3 Å². The topological polar surface area (TPSA) is 79.5 Å². The molecule has 0 saturated heterocycles. The van der Waals surface area contributed by atoms with Crippen molar-refractivity contribution in [3.8, 4) is 28.5 Å². The fourth-order valence-electron chi connectivity index (χ4n) is 3.18. The smallest absolute Gasteiger partial charge is 0.221 e. The molecular weight excluding hydrogens is 493 g/mol. The van der Waals surface area contributed by atoms with Gasteiger partial charge < -0.3 is 19.9 Å². The quantitative estimate of drug-likeness (QED) is 0.260. The van der Waals surface area contributed by atoms with Gasteiger partial charge in [0.05, 0.1) is 34.9 Å². The number of halogens is 2. The van der Waals surface area contributed by atoms with Gasteiger partial charge in [-0.3, -0.25) is 0 Å². The minimum atomic E-state index is 0.111. The van der Waals surface area contributed by atoms with Gasteiger partial charge in [0, 0.05) is 5.56 Å². The number of nitrogens with two attached hydrogens (primary N) is 1. The standard InChI is InChI=1S/C25H21Cl2N3O3S/c1-31-16-8-9-21(32-2)23(10-16)34-24-13-20(29-25(28)30-24)17-11-22(19(27)12-18(17)26)33-14-15-6-4-3-5-7-15/h3-13H,14H2,1-2H3,(H2,28,29,30). The van der Waals surface area contributed by atoms with E-state index < -0.39 is 0 Å². The number of rotatable bonds is 8. The third-order valence-corrected chi connectivity index (χ3v) is 6.41. The molecule has 0 aliphatic rings. The molecule has 1 aromatic heterocycles. The van der Waals surface area contributed by atoms with Crippen molar-refractivity contribution in [2.24, 2.45) is 0 Å². The molecule has 0 atom stereocenters. The van der Waals surface area contributed by atoms with E-state index in [1.54, 1.807) is 32.4 Å². The van der Waals surface area contributed by atoms with Crippen LogP contribution in [0.15, 0.2) is 76.7 Å². The lowest BCUT2D eigenvalue weighted by atomic mass is 10.1. The summed E-state index contributed by atoms with van der Waals surface area (Å²) in [5.41, 5.74) is 8.23. The van der Waals surface area contributed by atoms with E-state index in [9.17, 15) is 0 Å². The number of benzene rings is 3. The van der Waals surface area contributed by atoms with Gasteiger partial charge in [0.1, 0.15) is 28.9 Å². The maximum atomic E-state index is 6.52. The van der Waals surface area contributed by atoms with Gasteiger partial charge in [0.25, 0.3) is 0 Å². The summed E-state index contributed by atoms with van der Waals surface area (Å²) in [7, 11) is 3.22. The summed E-state index contributed by atoms with van der Waals surface area (Å²) in [6.07, 6.45) is 0. The average Bonchev–Trinajstić information content (AvgIpc) is 2.83. The Morgan fingerprint density at radius 1 is 0.853 bits per heavy atom. The van der Waals surface area contributed by atoms with Crippen LogP contribution >= 0.6 is 35.0 Å². The van der Waals surface area contributed by atoms with E-state index >= 15 is 0 Å². The van der Waals surface area contributed by atoms with Gasteiger partial charge in [-0.25, -0.2) is 9.97 Å². The first kappa shape index (κ1) is 24.0. The van der Waals surface area contributed by atoms with Crippen LogP contribution in [0.2, 0.25) is 10.0 Å². The van der Waals surface area contributed by atoms with E-state index in [2.05, 4.69) is 9.97 Å². The highest BCUT2D eigenvalue weighted by Gasteiger charge is 2.15. The number of anilines is 1. The van der Waals surface area contributed by atoms with Crippen molar-refractivity contribution in [2.75, 3.05) is 20.0 Å². The molecule has 0 unspecified atom stereocenters. The molecule has 34 heavy (non-hydrogen) atoms. The molecule has 3 aromatic carbocycles. The van der Waals surface area contributed by atoms with Gasteiger partial charge in [0.15, 0.2) is 0 Å². The second-order valence-corrected chi connectivity index (χ2v) is 8.98. The molecule has 0 fully saturated rings. The van der Waals surface area contributed by atoms with Crippen LogP contribution in [0.5, 0.6) is 17.2 Å². The molecule has 0 radical (unpaired) electrons. The van der Waals surface area contributed by atoms with Crippen LogP contribution in [0.3, 0.4) is 0 Å². The number of ether oxygens (including phenoxy) is 3. The molecule has 0 aliphatic heterocycles. The van der Waals surface area contributed by atoms with Gasteiger partial charge in [-0.05, 0) is 42.0 Å². The van der Waals surface area contributed by atoms with Gasteiger partial charge in [-0.2, -0.15) is 0 Å². The van der Waals surface area contributed by atoms with Crippen LogP contribution in [0, 0.1) is 0 Å². The highest BCUT2D eigenvalue weighted by molar-refractivity contribution is 7.99. The Hall–Kier alpha value is -3.13. The van der Waals surface area contributed by atoms with Crippen LogP contribution in [0.4, 0.5) is 5.95 Å². The van der Waals surface area contributed by atoms with Crippen molar-refractivity contribution in [3.05, 3.63) is 82.3 Å². The van der Waals surface area contributed by atoms with Crippen molar-refractivity contribution in [2.45, 2.75) is 16.5 Å². The first-order chi connectivity index (χ1) is 16.5. The summed E-state index contributed by atoms with van der Waals surface area (Å²) in [5.74, 6) is 1.99. The molecule has 9 heteroatoms. The van der Waals surface area contributed by atoms with Crippen LogP contribution in [0.1, 0.15) is 5.56 Å². The fourth-order valence-corrected chi connectivity index (χ4v) is 4.68. The molecule has 0 bridgehead atoms. The Bertz CT molecular complexity index is 1310. The van der Waals surface area contributed by atoms with Gasteiger partial charge in [0.2, 0.25) is 5.95 Å². The maximum Gasteiger partial charge on any atom is 0.221 e. The Labute approximate surface area is 212 Å². The van der Waals surface area contributed by atoms with Crippen molar-refractivity contribution in [3.63, 3.8) is 0 Å². The van der Waals surface area contributed by atoms with E-state index in [1.807, 2.05) is 48.5 Å². The molecule has 4 rings (SSSR count). The van der Waals surface area contributed by atoms with Crippen molar-refractivity contribution in [1.29, 1.82) is 0 Å². The molecule has 0 amide bonds. The minimum absolute atomic E-state index is 0.111. The zero-order chi connectivity index (χ0) is 24.1. The first-order valence-electron chi connectivity index (χ1n) is 10.2. The monoisotopic (exact) mass is 513 g/mol. The molecule has 0 aliphatic carbocycles. The zero-order valence-corrected chi connectivity index (χ0v) is 20.7. The predicted molar refractivity (Wildman–Crippen MR) is 136 cm³/mol. The summed E-state index contributed by atoms with van der Waals surface area (Å²) in [6, 6.07) is 20.5. The number of aromatic nitrogens is 2. The molecule has 1 heterocycles. The predicted octanol–water partition coefficient (Wildman–Crippen LogP) is 6.78. The largest absolute Gasteiger partial charge is 0.497 e. The highest BCUT2D eigenvalue weighted by atomic mass is 35.5. The van der Waals surface area contributed by atoms with E-state index in [0.717, 1.165) is 10.5 Å². The highest BCUT2D eigenvalue weighted by Crippen LogP contribution is 2.40. The molecule has 4 aromatic rings. The van der Waals surface area contributed by atoms with Crippen molar-refractivity contribution in [1.82, 2.24) is 9.97 Å². The van der Waals surface area contributed by atoms with Crippen LogP contribution in [-0.2, 0) is 6.61 Å².